The minimum atomic E-state index is -0.830. The average Bonchev–Trinajstić information content (AvgIpc) is 3.29. The molecule has 0 saturated carbocycles. The zero-order valence-corrected chi connectivity index (χ0v) is 21.3. The molecule has 1 aliphatic heterocycles. The molecule has 4 rings (SSSR count). The summed E-state index contributed by atoms with van der Waals surface area (Å²) in [5, 5.41) is 11.3. The number of hydrogen-bond acceptors (Lipinski definition) is 5. The maximum absolute atomic E-state index is 13.7. The Kier molecular flexibility index (Phi) is 7.29. The molecule has 2 aromatic carbocycles. The number of anilines is 1. The molecular weight excluding hydrogens is 452 g/mol. The second-order valence-corrected chi connectivity index (χ2v) is 10.1. The highest BCUT2D eigenvalue weighted by Crippen LogP contribution is 2.40. The monoisotopic (exact) mass is 486 g/mol. The highest BCUT2D eigenvalue weighted by molar-refractivity contribution is 5.99. The van der Waals surface area contributed by atoms with Crippen LogP contribution < -0.4 is 10.6 Å². The summed E-state index contributed by atoms with van der Waals surface area (Å²) in [6.45, 7) is 8.20. The number of hydrogen-bond donors (Lipinski definition) is 2. The summed E-state index contributed by atoms with van der Waals surface area (Å²) >= 11 is 0. The van der Waals surface area contributed by atoms with Crippen LogP contribution in [0.2, 0.25) is 0 Å². The van der Waals surface area contributed by atoms with Gasteiger partial charge >= 0.3 is 5.97 Å². The van der Waals surface area contributed by atoms with Gasteiger partial charge in [0.25, 0.3) is 5.91 Å². The van der Waals surface area contributed by atoms with Crippen molar-refractivity contribution in [2.24, 2.45) is 0 Å². The van der Waals surface area contributed by atoms with Crippen molar-refractivity contribution in [2.75, 3.05) is 11.9 Å². The van der Waals surface area contributed by atoms with Gasteiger partial charge in [-0.25, -0.2) is 9.48 Å². The fourth-order valence-corrected chi connectivity index (χ4v) is 4.73. The number of amides is 1. The van der Waals surface area contributed by atoms with E-state index in [1.807, 2.05) is 60.1 Å². The zero-order chi connectivity index (χ0) is 25.8. The molecule has 0 bridgehead atoms. The van der Waals surface area contributed by atoms with Gasteiger partial charge in [-0.3, -0.25) is 4.79 Å². The molecule has 0 radical (unpaired) electrons. The van der Waals surface area contributed by atoms with Crippen molar-refractivity contribution < 1.29 is 14.3 Å². The van der Waals surface area contributed by atoms with Gasteiger partial charge in [-0.1, -0.05) is 66.7 Å². The highest BCUT2D eigenvalue weighted by atomic mass is 16.5. The van der Waals surface area contributed by atoms with Gasteiger partial charge in [-0.05, 0) is 51.7 Å². The van der Waals surface area contributed by atoms with Gasteiger partial charge in [0.15, 0.2) is 0 Å². The molecule has 2 heterocycles. The smallest absolute Gasteiger partial charge is 0.330 e. The van der Waals surface area contributed by atoms with Gasteiger partial charge in [0.1, 0.15) is 11.4 Å². The van der Waals surface area contributed by atoms with Crippen molar-refractivity contribution in [2.45, 2.75) is 57.7 Å². The average molecular weight is 487 g/mol. The van der Waals surface area contributed by atoms with E-state index in [2.05, 4.69) is 41.7 Å². The third kappa shape index (κ3) is 5.67. The fourth-order valence-electron chi connectivity index (χ4n) is 4.73. The van der Waals surface area contributed by atoms with Gasteiger partial charge in [0.05, 0.1) is 29.9 Å². The maximum Gasteiger partial charge on any atom is 0.330 e. The first-order valence-corrected chi connectivity index (χ1v) is 12.3. The molecule has 1 amide bonds. The predicted molar refractivity (Wildman–Crippen MR) is 141 cm³/mol. The summed E-state index contributed by atoms with van der Waals surface area (Å²) in [6, 6.07) is 20.1. The molecule has 2 N–H and O–H groups in total. The second-order valence-electron chi connectivity index (χ2n) is 10.1. The summed E-state index contributed by atoms with van der Waals surface area (Å²) in [7, 11) is 0. The summed E-state index contributed by atoms with van der Waals surface area (Å²) in [6.07, 6.45) is 6.04. The summed E-state index contributed by atoms with van der Waals surface area (Å²) in [5.74, 6) is -0.0164. The topological polar surface area (TPSA) is 85.2 Å². The Labute approximate surface area is 212 Å². The minimum Gasteiger partial charge on any atom is -0.463 e. The van der Waals surface area contributed by atoms with Crippen LogP contribution in [0.25, 0.3) is 0 Å². The first-order chi connectivity index (χ1) is 17.2. The lowest BCUT2D eigenvalue weighted by Crippen LogP contribution is -2.46. The minimum absolute atomic E-state index is 0.0522. The standard InChI is InChI=1S/C29H34N4O3/c1-5-36-25(34)16-17-29(4,18-21-12-8-6-9-13-21)32-27(35)23-20-30-33-26(23)31-24(19-28(33,2)3)22-14-10-7-11-15-22/h6-17,20,24,31H,5,18-19H2,1-4H3,(H,32,35)/b17-16+. The van der Waals surface area contributed by atoms with E-state index in [0.717, 1.165) is 17.5 Å². The number of carbonyl (C=O) groups excluding carboxylic acids is 2. The van der Waals surface area contributed by atoms with Crippen LogP contribution in [0.15, 0.2) is 79.0 Å². The van der Waals surface area contributed by atoms with Crippen LogP contribution in [-0.4, -0.2) is 33.8 Å². The van der Waals surface area contributed by atoms with Crippen LogP contribution in [0.1, 0.15) is 61.6 Å². The Bertz CT molecular complexity index is 1230. The van der Waals surface area contributed by atoms with Crippen LogP contribution in [-0.2, 0) is 21.5 Å². The van der Waals surface area contributed by atoms with E-state index in [1.54, 1.807) is 19.2 Å². The largest absolute Gasteiger partial charge is 0.463 e. The lowest BCUT2D eigenvalue weighted by Gasteiger charge is -2.38. The SMILES string of the molecule is CCOC(=O)/C=C/C(C)(Cc1ccccc1)NC(=O)c1cnn2c1NC(c1ccccc1)CC2(C)C. The Morgan fingerprint density at radius 1 is 1.17 bits per heavy atom. The lowest BCUT2D eigenvalue weighted by atomic mass is 9.89. The molecule has 0 fully saturated rings. The second kappa shape index (κ2) is 10.4. The third-order valence-electron chi connectivity index (χ3n) is 6.49. The van der Waals surface area contributed by atoms with Crippen LogP contribution in [0.5, 0.6) is 0 Å². The molecule has 0 aliphatic carbocycles. The quantitative estimate of drug-likeness (QED) is 0.345. The molecule has 2 atom stereocenters. The fraction of sp³-hybridized carbons (Fsp3) is 0.345. The van der Waals surface area contributed by atoms with Crippen LogP contribution in [0.3, 0.4) is 0 Å². The number of fused-ring (bicyclic) bond motifs is 1. The van der Waals surface area contributed by atoms with E-state index < -0.39 is 11.5 Å². The molecule has 1 aromatic heterocycles. The summed E-state index contributed by atoms with van der Waals surface area (Å²) in [4.78, 5) is 25.7. The van der Waals surface area contributed by atoms with Crippen molar-refractivity contribution in [3.8, 4) is 0 Å². The van der Waals surface area contributed by atoms with E-state index >= 15 is 0 Å². The number of nitrogens with zero attached hydrogens (tertiary/aromatic N) is 2. The number of rotatable bonds is 8. The van der Waals surface area contributed by atoms with Crippen molar-refractivity contribution in [1.29, 1.82) is 0 Å². The Balaban J connectivity index is 1.63. The summed E-state index contributed by atoms with van der Waals surface area (Å²) < 4.78 is 6.95. The van der Waals surface area contributed by atoms with Crippen LogP contribution >= 0.6 is 0 Å². The normalized spacial score (nSPS) is 18.1. The van der Waals surface area contributed by atoms with Crippen molar-refractivity contribution in [3.63, 3.8) is 0 Å². The van der Waals surface area contributed by atoms with Crippen molar-refractivity contribution >= 4 is 17.7 Å². The van der Waals surface area contributed by atoms with Crippen LogP contribution in [0, 0.1) is 0 Å². The number of esters is 1. The molecule has 0 saturated heterocycles. The van der Waals surface area contributed by atoms with Crippen LogP contribution in [0.4, 0.5) is 5.82 Å². The van der Waals surface area contributed by atoms with Gasteiger partial charge in [0, 0.05) is 6.08 Å². The number of nitrogens with one attached hydrogen (secondary N) is 2. The van der Waals surface area contributed by atoms with Crippen molar-refractivity contribution in [3.05, 3.63) is 95.7 Å². The molecular formula is C29H34N4O3. The van der Waals surface area contributed by atoms with E-state index in [9.17, 15) is 9.59 Å². The van der Waals surface area contributed by atoms with E-state index in [-0.39, 0.29) is 24.1 Å². The van der Waals surface area contributed by atoms with Gasteiger partial charge in [-0.2, -0.15) is 5.10 Å². The zero-order valence-electron chi connectivity index (χ0n) is 21.3. The number of aromatic nitrogens is 2. The number of ether oxygens (including phenoxy) is 1. The summed E-state index contributed by atoms with van der Waals surface area (Å²) in [5.41, 5.74) is 1.55. The molecule has 36 heavy (non-hydrogen) atoms. The maximum atomic E-state index is 13.7. The molecule has 7 nitrogen and oxygen atoms in total. The third-order valence-corrected chi connectivity index (χ3v) is 6.49. The van der Waals surface area contributed by atoms with E-state index in [0.29, 0.717) is 17.8 Å². The number of carbonyl (C=O) groups is 2. The number of benzene rings is 2. The molecule has 3 aromatic rings. The van der Waals surface area contributed by atoms with Gasteiger partial charge in [-0.15, -0.1) is 0 Å². The molecule has 188 valence electrons. The molecule has 1 aliphatic rings. The highest BCUT2D eigenvalue weighted by Gasteiger charge is 2.37. The molecule has 0 spiro atoms. The van der Waals surface area contributed by atoms with Gasteiger partial charge < -0.3 is 15.4 Å². The van der Waals surface area contributed by atoms with E-state index in [1.165, 1.54) is 6.08 Å². The van der Waals surface area contributed by atoms with Gasteiger partial charge in [0.2, 0.25) is 0 Å². The Morgan fingerprint density at radius 2 is 1.83 bits per heavy atom. The molecule has 2 unspecified atom stereocenters. The Morgan fingerprint density at radius 3 is 2.50 bits per heavy atom. The first kappa shape index (κ1) is 25.2. The van der Waals surface area contributed by atoms with Crippen molar-refractivity contribution in [1.82, 2.24) is 15.1 Å². The molecule has 7 heteroatoms. The Hall–Kier alpha value is -3.87. The van der Waals surface area contributed by atoms with E-state index in [4.69, 9.17) is 4.74 Å². The lowest BCUT2D eigenvalue weighted by molar-refractivity contribution is -0.137. The first-order valence-electron chi connectivity index (χ1n) is 12.3. The predicted octanol–water partition coefficient (Wildman–Crippen LogP) is 5.03.